The smallest absolute Gasteiger partial charge is 0.301 e. The van der Waals surface area contributed by atoms with Crippen molar-refractivity contribution in [3.8, 4) is 5.75 Å². The van der Waals surface area contributed by atoms with Crippen molar-refractivity contribution in [2.45, 2.75) is 39.3 Å². The molecule has 186 valence electrons. The molecule has 0 saturated carbocycles. The lowest BCUT2D eigenvalue weighted by Gasteiger charge is -2.23. The number of ether oxygens (including phenoxy) is 1. The molecule has 1 aromatic heterocycles. The summed E-state index contributed by atoms with van der Waals surface area (Å²) in [6.45, 7) is 5.98. The fourth-order valence-electron chi connectivity index (χ4n) is 5.21. The molecule has 1 N–H and O–H groups in total. The molecular formula is C29H23BrN2O4S. The van der Waals surface area contributed by atoms with Crippen molar-refractivity contribution in [2.75, 3.05) is 4.90 Å². The van der Waals surface area contributed by atoms with Gasteiger partial charge in [0.1, 0.15) is 17.6 Å². The molecule has 6 rings (SSSR count). The first-order valence-electron chi connectivity index (χ1n) is 12.0. The van der Waals surface area contributed by atoms with Crippen LogP contribution in [0.5, 0.6) is 5.75 Å². The highest BCUT2D eigenvalue weighted by atomic mass is 79.9. The number of aryl methyl sites for hydroxylation is 2. The summed E-state index contributed by atoms with van der Waals surface area (Å²) in [7, 11) is 0. The zero-order valence-electron chi connectivity index (χ0n) is 20.4. The third kappa shape index (κ3) is 3.95. The van der Waals surface area contributed by atoms with Gasteiger partial charge in [0.2, 0.25) is 0 Å². The minimum atomic E-state index is -0.831. The molecule has 2 aliphatic rings. The van der Waals surface area contributed by atoms with Crippen LogP contribution in [0.15, 0.2) is 64.6 Å². The van der Waals surface area contributed by atoms with Gasteiger partial charge in [0, 0.05) is 16.5 Å². The predicted octanol–water partition coefficient (Wildman–Crippen LogP) is 6.63. The Balaban J connectivity index is 1.55. The van der Waals surface area contributed by atoms with E-state index in [0.29, 0.717) is 22.7 Å². The Morgan fingerprint density at radius 3 is 2.73 bits per heavy atom. The Bertz CT molecular complexity index is 1660. The number of ketones is 1. The van der Waals surface area contributed by atoms with Gasteiger partial charge >= 0.3 is 5.91 Å². The quantitative estimate of drug-likeness (QED) is 0.169. The van der Waals surface area contributed by atoms with Crippen LogP contribution < -0.4 is 9.64 Å². The van der Waals surface area contributed by atoms with E-state index in [4.69, 9.17) is 9.72 Å². The van der Waals surface area contributed by atoms with Gasteiger partial charge in [0.05, 0.1) is 21.8 Å². The lowest BCUT2D eigenvalue weighted by Crippen LogP contribution is -2.29. The summed E-state index contributed by atoms with van der Waals surface area (Å²) in [4.78, 5) is 33.3. The van der Waals surface area contributed by atoms with E-state index in [1.807, 2.05) is 63.2 Å². The second kappa shape index (κ2) is 8.82. The number of hydrogen-bond acceptors (Lipinski definition) is 6. The van der Waals surface area contributed by atoms with E-state index >= 15 is 0 Å². The maximum Gasteiger partial charge on any atom is 0.301 e. The SMILES string of the molecule is Cc1cc(C)c2nc(N3C(=O)C(=O)/C(=C(/O)c4ccc5c(c4)C[C@@H](C)O5)[C@@H]3c3cccc(Br)c3)sc2c1. The first-order chi connectivity index (χ1) is 17.7. The average molecular weight is 575 g/mol. The topological polar surface area (TPSA) is 79.7 Å². The van der Waals surface area contributed by atoms with Gasteiger partial charge in [-0.15, -0.1) is 0 Å². The van der Waals surface area contributed by atoms with E-state index in [2.05, 4.69) is 15.9 Å². The minimum absolute atomic E-state index is 0.0437. The molecule has 0 radical (unpaired) electrons. The maximum atomic E-state index is 13.5. The Kier molecular flexibility index (Phi) is 5.69. The molecule has 0 bridgehead atoms. The van der Waals surface area contributed by atoms with Crippen LogP contribution in [0.2, 0.25) is 0 Å². The number of thiazole rings is 1. The molecule has 1 amide bonds. The molecule has 2 atom stereocenters. The number of carbonyl (C=O) groups excluding carboxylic acids is 2. The Morgan fingerprint density at radius 1 is 1.14 bits per heavy atom. The Morgan fingerprint density at radius 2 is 1.95 bits per heavy atom. The molecule has 37 heavy (non-hydrogen) atoms. The number of anilines is 1. The number of aliphatic hydroxyl groups is 1. The van der Waals surface area contributed by atoms with Crippen LogP contribution in [0.25, 0.3) is 16.0 Å². The highest BCUT2D eigenvalue weighted by molar-refractivity contribution is 9.10. The summed E-state index contributed by atoms with van der Waals surface area (Å²) in [5.74, 6) is -0.882. The van der Waals surface area contributed by atoms with Crippen LogP contribution in [0.4, 0.5) is 5.13 Å². The Labute approximate surface area is 226 Å². The number of nitrogens with zero attached hydrogens (tertiary/aromatic N) is 2. The second-order valence-corrected chi connectivity index (χ2v) is 11.5. The number of hydrogen-bond donors (Lipinski definition) is 1. The van der Waals surface area contributed by atoms with Gasteiger partial charge in [0.25, 0.3) is 5.78 Å². The molecule has 0 unspecified atom stereocenters. The molecule has 3 aromatic carbocycles. The summed E-state index contributed by atoms with van der Waals surface area (Å²) >= 11 is 4.88. The molecular weight excluding hydrogens is 552 g/mol. The Hall–Kier alpha value is -3.49. The second-order valence-electron chi connectivity index (χ2n) is 9.60. The molecule has 6 nitrogen and oxygen atoms in total. The van der Waals surface area contributed by atoms with E-state index in [-0.39, 0.29) is 17.4 Å². The largest absolute Gasteiger partial charge is 0.507 e. The zero-order valence-corrected chi connectivity index (χ0v) is 22.8. The average Bonchev–Trinajstić information content (AvgIpc) is 3.51. The highest BCUT2D eigenvalue weighted by Crippen LogP contribution is 2.45. The molecule has 0 aliphatic carbocycles. The number of aliphatic hydroxyl groups excluding tert-OH is 1. The number of amides is 1. The lowest BCUT2D eigenvalue weighted by molar-refractivity contribution is -0.132. The minimum Gasteiger partial charge on any atom is -0.507 e. The number of rotatable bonds is 3. The maximum absolute atomic E-state index is 13.5. The van der Waals surface area contributed by atoms with Crippen molar-refractivity contribution in [3.05, 3.63) is 92.5 Å². The normalized spacial score (nSPS) is 20.5. The van der Waals surface area contributed by atoms with Crippen LogP contribution in [-0.2, 0) is 16.0 Å². The summed E-state index contributed by atoms with van der Waals surface area (Å²) < 4.78 is 7.53. The van der Waals surface area contributed by atoms with Crippen LogP contribution in [0.3, 0.4) is 0 Å². The van der Waals surface area contributed by atoms with E-state index < -0.39 is 17.7 Å². The number of benzene rings is 3. The van der Waals surface area contributed by atoms with E-state index in [9.17, 15) is 14.7 Å². The van der Waals surface area contributed by atoms with Gasteiger partial charge < -0.3 is 9.84 Å². The number of aromatic nitrogens is 1. The highest BCUT2D eigenvalue weighted by Gasteiger charge is 2.48. The number of Topliss-reactive ketones (excluding diaryl/α,β-unsaturated/α-hetero) is 1. The van der Waals surface area contributed by atoms with Gasteiger partial charge in [-0.1, -0.05) is 45.5 Å². The van der Waals surface area contributed by atoms with Crippen molar-refractivity contribution in [3.63, 3.8) is 0 Å². The molecule has 4 aromatic rings. The fraction of sp³-hybridized carbons (Fsp3) is 0.207. The van der Waals surface area contributed by atoms with Gasteiger partial charge in [-0.2, -0.15) is 0 Å². The fourth-order valence-corrected chi connectivity index (χ4v) is 6.79. The summed E-state index contributed by atoms with van der Waals surface area (Å²) in [6.07, 6.45) is 0.760. The first-order valence-corrected chi connectivity index (χ1v) is 13.6. The van der Waals surface area contributed by atoms with E-state index in [1.165, 1.54) is 16.2 Å². The van der Waals surface area contributed by atoms with Crippen LogP contribution in [-0.4, -0.2) is 27.9 Å². The van der Waals surface area contributed by atoms with E-state index in [1.54, 1.807) is 12.1 Å². The summed E-state index contributed by atoms with van der Waals surface area (Å²) in [5.41, 5.74) is 5.08. The van der Waals surface area contributed by atoms with Gasteiger partial charge in [-0.3, -0.25) is 14.5 Å². The number of halogens is 1. The van der Waals surface area contributed by atoms with Crippen molar-refractivity contribution in [1.82, 2.24) is 4.98 Å². The monoisotopic (exact) mass is 574 g/mol. The third-order valence-corrected chi connectivity index (χ3v) is 8.30. The van der Waals surface area contributed by atoms with Crippen LogP contribution in [0, 0.1) is 13.8 Å². The van der Waals surface area contributed by atoms with Gasteiger partial charge in [0.15, 0.2) is 5.13 Å². The summed E-state index contributed by atoms with van der Waals surface area (Å²) in [5, 5.41) is 11.9. The first kappa shape index (κ1) is 23.9. The number of carbonyl (C=O) groups is 2. The summed E-state index contributed by atoms with van der Waals surface area (Å²) in [6, 6.07) is 16.0. The molecule has 3 heterocycles. The molecule has 0 spiro atoms. The van der Waals surface area contributed by atoms with Crippen molar-refractivity contribution in [2.24, 2.45) is 0 Å². The third-order valence-electron chi connectivity index (χ3n) is 6.80. The van der Waals surface area contributed by atoms with Crippen LogP contribution in [0.1, 0.15) is 40.8 Å². The van der Waals surface area contributed by atoms with Gasteiger partial charge in [-0.05, 0) is 79.4 Å². The standard InChI is InChI=1S/C29H23BrN2O4S/c1-14-9-15(2)24-22(10-14)37-29(31-24)32-25(17-5-4-6-20(30)13-17)23(27(34)28(32)35)26(33)18-7-8-21-19(12-18)11-16(3)36-21/h4-10,12-13,16,25,33H,11H2,1-3H3/b26-23+/t16-,25+/m1/s1. The van der Waals surface area contributed by atoms with Gasteiger partial charge in [-0.25, -0.2) is 4.98 Å². The van der Waals surface area contributed by atoms with Crippen molar-refractivity contribution >= 4 is 60.1 Å². The molecule has 1 saturated heterocycles. The van der Waals surface area contributed by atoms with Crippen LogP contribution >= 0.6 is 27.3 Å². The van der Waals surface area contributed by atoms with E-state index in [0.717, 1.165) is 37.1 Å². The molecule has 2 aliphatic heterocycles. The molecule has 8 heteroatoms. The lowest BCUT2D eigenvalue weighted by atomic mass is 9.94. The number of fused-ring (bicyclic) bond motifs is 2. The van der Waals surface area contributed by atoms with Crippen molar-refractivity contribution in [1.29, 1.82) is 0 Å². The predicted molar refractivity (Wildman–Crippen MR) is 148 cm³/mol. The van der Waals surface area contributed by atoms with Crippen molar-refractivity contribution < 1.29 is 19.4 Å². The molecule has 1 fully saturated rings. The zero-order chi connectivity index (χ0) is 26.0.